The van der Waals surface area contributed by atoms with E-state index >= 15 is 0 Å². The molecule has 128 valence electrons. The van der Waals surface area contributed by atoms with Crippen molar-refractivity contribution in [2.24, 2.45) is 7.05 Å². The van der Waals surface area contributed by atoms with Crippen LogP contribution in [0.4, 0.5) is 5.00 Å². The Morgan fingerprint density at radius 2 is 2.25 bits per heavy atom. The number of carbonyl (C=O) groups is 2. The fourth-order valence-corrected chi connectivity index (χ4v) is 3.89. The average molecular weight is 347 g/mol. The Morgan fingerprint density at radius 3 is 2.92 bits per heavy atom. The van der Waals surface area contributed by atoms with Crippen LogP contribution in [-0.2, 0) is 7.05 Å². The normalized spacial score (nSPS) is 17.3. The molecule has 2 aromatic heterocycles. The van der Waals surface area contributed by atoms with E-state index in [-0.39, 0.29) is 17.7 Å². The quantitative estimate of drug-likeness (QED) is 0.838. The van der Waals surface area contributed by atoms with E-state index in [1.807, 2.05) is 11.8 Å². The second-order valence-corrected chi connectivity index (χ2v) is 6.82. The predicted octanol–water partition coefficient (Wildman–Crippen LogP) is 2.10. The van der Waals surface area contributed by atoms with E-state index in [2.05, 4.69) is 14.8 Å². The van der Waals surface area contributed by atoms with Gasteiger partial charge in [0.15, 0.2) is 5.78 Å². The van der Waals surface area contributed by atoms with Crippen molar-refractivity contribution >= 4 is 28.2 Å². The standard InChI is InChI=1S/C16H21N5O2S/c1-10-14(15(17-2)24-19-10)16(23)21-6-4-5-12(21)7-13(22)11-8-18-20(3)9-11/h8-9,12,17H,4-7H2,1-3H3/t12-/m1/s1. The van der Waals surface area contributed by atoms with Crippen LogP contribution in [0.15, 0.2) is 12.4 Å². The fraction of sp³-hybridized carbons (Fsp3) is 0.500. The lowest BCUT2D eigenvalue weighted by atomic mass is 10.0. The summed E-state index contributed by atoms with van der Waals surface area (Å²) in [5.41, 5.74) is 1.96. The molecule has 7 nitrogen and oxygen atoms in total. The molecule has 3 heterocycles. The van der Waals surface area contributed by atoms with Gasteiger partial charge in [-0.15, -0.1) is 0 Å². The van der Waals surface area contributed by atoms with Crippen LogP contribution in [0.2, 0.25) is 0 Å². The molecule has 0 bridgehead atoms. The number of anilines is 1. The van der Waals surface area contributed by atoms with E-state index in [4.69, 9.17) is 0 Å². The zero-order valence-electron chi connectivity index (χ0n) is 14.1. The molecular formula is C16H21N5O2S. The molecule has 1 amide bonds. The largest absolute Gasteiger partial charge is 0.378 e. The van der Waals surface area contributed by atoms with Gasteiger partial charge in [0.2, 0.25) is 0 Å². The number of nitrogens with one attached hydrogen (secondary N) is 1. The first-order valence-electron chi connectivity index (χ1n) is 7.98. The molecule has 8 heteroatoms. The molecule has 0 aromatic carbocycles. The number of ketones is 1. The summed E-state index contributed by atoms with van der Waals surface area (Å²) >= 11 is 1.29. The lowest BCUT2D eigenvalue weighted by molar-refractivity contribution is 0.0717. The van der Waals surface area contributed by atoms with Crippen LogP contribution in [-0.4, -0.2) is 50.4 Å². The summed E-state index contributed by atoms with van der Waals surface area (Å²) < 4.78 is 5.89. The van der Waals surface area contributed by atoms with Crippen LogP contribution in [0.3, 0.4) is 0 Å². The highest BCUT2D eigenvalue weighted by Gasteiger charge is 2.33. The Bertz CT molecular complexity index is 766. The average Bonchev–Trinajstić information content (AvgIpc) is 3.26. The van der Waals surface area contributed by atoms with Crippen molar-refractivity contribution in [3.05, 3.63) is 29.2 Å². The van der Waals surface area contributed by atoms with Gasteiger partial charge in [-0.3, -0.25) is 14.3 Å². The van der Waals surface area contributed by atoms with Crippen molar-refractivity contribution in [3.63, 3.8) is 0 Å². The van der Waals surface area contributed by atoms with Crippen molar-refractivity contribution in [2.45, 2.75) is 32.2 Å². The Labute approximate surface area is 144 Å². The molecule has 0 aliphatic carbocycles. The molecule has 1 fully saturated rings. The minimum Gasteiger partial charge on any atom is -0.378 e. The van der Waals surface area contributed by atoms with Gasteiger partial charge >= 0.3 is 0 Å². The summed E-state index contributed by atoms with van der Waals surface area (Å²) in [6, 6.07) is -0.0609. The van der Waals surface area contributed by atoms with Gasteiger partial charge in [0.1, 0.15) is 5.00 Å². The molecule has 1 saturated heterocycles. The van der Waals surface area contributed by atoms with Gasteiger partial charge < -0.3 is 10.2 Å². The van der Waals surface area contributed by atoms with Crippen molar-refractivity contribution in [1.29, 1.82) is 0 Å². The number of rotatable bonds is 5. The predicted molar refractivity (Wildman–Crippen MR) is 92.6 cm³/mol. The number of hydrogen-bond acceptors (Lipinski definition) is 6. The number of nitrogens with zero attached hydrogens (tertiary/aromatic N) is 4. The van der Waals surface area contributed by atoms with E-state index in [0.717, 1.165) is 23.5 Å². The van der Waals surface area contributed by atoms with Gasteiger partial charge in [-0.2, -0.15) is 9.47 Å². The van der Waals surface area contributed by atoms with Gasteiger partial charge in [0.05, 0.1) is 23.0 Å². The van der Waals surface area contributed by atoms with Crippen LogP contribution in [0.5, 0.6) is 0 Å². The fourth-order valence-electron chi connectivity index (χ4n) is 3.15. The molecule has 1 aliphatic heterocycles. The van der Waals surface area contributed by atoms with Gasteiger partial charge in [0, 0.05) is 39.3 Å². The number of Topliss-reactive ketones (excluding diaryl/α,β-unsaturated/α-hetero) is 1. The highest BCUT2D eigenvalue weighted by atomic mass is 32.1. The molecule has 1 aliphatic rings. The van der Waals surface area contributed by atoms with Gasteiger partial charge in [-0.25, -0.2) is 0 Å². The maximum atomic E-state index is 13.0. The summed E-state index contributed by atoms with van der Waals surface area (Å²) in [5, 5.41) is 7.86. The Balaban J connectivity index is 1.76. The van der Waals surface area contributed by atoms with E-state index in [0.29, 0.717) is 24.1 Å². The maximum Gasteiger partial charge on any atom is 0.259 e. The van der Waals surface area contributed by atoms with Crippen LogP contribution in [0, 0.1) is 6.92 Å². The molecule has 0 spiro atoms. The topological polar surface area (TPSA) is 80.1 Å². The lowest BCUT2D eigenvalue weighted by Gasteiger charge is -2.24. The zero-order chi connectivity index (χ0) is 17.3. The zero-order valence-corrected chi connectivity index (χ0v) is 14.9. The molecule has 1 atom stereocenters. The number of aromatic nitrogens is 3. The number of amides is 1. The molecule has 0 radical (unpaired) electrons. The highest BCUT2D eigenvalue weighted by molar-refractivity contribution is 7.10. The van der Waals surface area contributed by atoms with Crippen LogP contribution in [0.25, 0.3) is 0 Å². The monoisotopic (exact) mass is 347 g/mol. The Morgan fingerprint density at radius 1 is 1.46 bits per heavy atom. The Hall–Kier alpha value is -2.22. The minimum atomic E-state index is -0.0609. The van der Waals surface area contributed by atoms with Gasteiger partial charge in [0.25, 0.3) is 5.91 Å². The van der Waals surface area contributed by atoms with Gasteiger partial charge in [-0.05, 0) is 31.3 Å². The van der Waals surface area contributed by atoms with Crippen molar-refractivity contribution in [3.8, 4) is 0 Å². The van der Waals surface area contributed by atoms with Crippen LogP contribution in [0.1, 0.15) is 45.7 Å². The number of aryl methyl sites for hydroxylation is 2. The molecule has 3 rings (SSSR count). The summed E-state index contributed by atoms with van der Waals surface area (Å²) in [6.07, 6.45) is 5.40. The molecule has 24 heavy (non-hydrogen) atoms. The van der Waals surface area contributed by atoms with E-state index in [1.54, 1.807) is 31.2 Å². The lowest BCUT2D eigenvalue weighted by Crippen LogP contribution is -2.37. The second kappa shape index (κ2) is 6.72. The van der Waals surface area contributed by atoms with E-state index < -0.39 is 0 Å². The third-order valence-electron chi connectivity index (χ3n) is 4.39. The summed E-state index contributed by atoms with van der Waals surface area (Å²) in [7, 11) is 3.57. The van der Waals surface area contributed by atoms with Crippen LogP contribution >= 0.6 is 11.5 Å². The summed E-state index contributed by atoms with van der Waals surface area (Å²) in [4.78, 5) is 27.2. The molecular weight excluding hydrogens is 326 g/mol. The van der Waals surface area contributed by atoms with E-state index in [1.165, 1.54) is 11.5 Å². The molecule has 1 N–H and O–H groups in total. The molecule has 0 unspecified atom stereocenters. The maximum absolute atomic E-state index is 13.0. The molecule has 0 saturated carbocycles. The number of carbonyl (C=O) groups excluding carboxylic acids is 2. The van der Waals surface area contributed by atoms with Crippen molar-refractivity contribution in [1.82, 2.24) is 19.1 Å². The summed E-state index contributed by atoms with van der Waals surface area (Å²) in [6.45, 7) is 2.53. The van der Waals surface area contributed by atoms with Gasteiger partial charge in [-0.1, -0.05) is 0 Å². The SMILES string of the molecule is CNc1snc(C)c1C(=O)N1CCC[C@@H]1CC(=O)c1cnn(C)c1. The van der Waals surface area contributed by atoms with Crippen LogP contribution < -0.4 is 5.32 Å². The second-order valence-electron chi connectivity index (χ2n) is 6.05. The first-order valence-corrected chi connectivity index (χ1v) is 8.75. The third kappa shape index (κ3) is 3.06. The van der Waals surface area contributed by atoms with Crippen molar-refractivity contribution < 1.29 is 9.59 Å². The third-order valence-corrected chi connectivity index (χ3v) is 5.35. The highest BCUT2D eigenvalue weighted by Crippen LogP contribution is 2.30. The summed E-state index contributed by atoms with van der Waals surface area (Å²) in [5.74, 6) is -0.00566. The smallest absolute Gasteiger partial charge is 0.259 e. The first-order chi connectivity index (χ1) is 11.5. The number of likely N-dealkylation sites (tertiary alicyclic amines) is 1. The molecule has 2 aromatic rings. The Kier molecular flexibility index (Phi) is 4.66. The number of hydrogen-bond donors (Lipinski definition) is 1. The van der Waals surface area contributed by atoms with E-state index in [9.17, 15) is 9.59 Å². The first kappa shape index (κ1) is 16.6. The van der Waals surface area contributed by atoms with Crippen molar-refractivity contribution in [2.75, 3.05) is 18.9 Å². The minimum absolute atomic E-state index is 0.0294.